The van der Waals surface area contributed by atoms with Gasteiger partial charge in [0.25, 0.3) is 0 Å². The van der Waals surface area contributed by atoms with Gasteiger partial charge in [-0.05, 0) is 24.4 Å². The molecule has 0 aliphatic carbocycles. The molecule has 0 amide bonds. The molecule has 0 radical (unpaired) electrons. The number of H-pyrrole nitrogens is 1. The van der Waals surface area contributed by atoms with Crippen molar-refractivity contribution in [2.75, 3.05) is 0 Å². The minimum atomic E-state index is 0.484. The highest BCUT2D eigenvalue weighted by molar-refractivity contribution is 7.71. The highest BCUT2D eigenvalue weighted by Gasteiger charge is 2.04. The lowest BCUT2D eigenvalue weighted by atomic mass is 10.4. The SMILES string of the molecule is C=C(Cl)Cn1c(=S)[nH]c2cccnc21. The third-order valence-corrected chi connectivity index (χ3v) is 2.30. The smallest absolute Gasteiger partial charge is 0.179 e. The average molecular weight is 226 g/mol. The second-order valence-corrected chi connectivity index (χ2v) is 3.83. The summed E-state index contributed by atoms with van der Waals surface area (Å²) < 4.78 is 2.43. The molecule has 0 atom stereocenters. The number of aromatic nitrogens is 3. The highest BCUT2D eigenvalue weighted by atomic mass is 35.5. The van der Waals surface area contributed by atoms with E-state index in [0.717, 1.165) is 11.2 Å². The molecule has 0 aliphatic rings. The van der Waals surface area contributed by atoms with Crippen molar-refractivity contribution >= 4 is 35.0 Å². The molecule has 3 nitrogen and oxygen atoms in total. The largest absolute Gasteiger partial charge is 0.329 e. The van der Waals surface area contributed by atoms with E-state index in [1.807, 2.05) is 16.7 Å². The van der Waals surface area contributed by atoms with E-state index in [1.54, 1.807) is 6.20 Å². The number of aromatic amines is 1. The Morgan fingerprint density at radius 2 is 2.50 bits per heavy atom. The summed E-state index contributed by atoms with van der Waals surface area (Å²) in [6.07, 6.45) is 1.72. The van der Waals surface area contributed by atoms with Crippen molar-refractivity contribution in [1.82, 2.24) is 14.5 Å². The molecule has 0 unspecified atom stereocenters. The van der Waals surface area contributed by atoms with Crippen molar-refractivity contribution in [1.29, 1.82) is 0 Å². The van der Waals surface area contributed by atoms with Crippen LogP contribution in [0.15, 0.2) is 29.9 Å². The molecule has 0 saturated heterocycles. The number of fused-ring (bicyclic) bond motifs is 1. The van der Waals surface area contributed by atoms with Gasteiger partial charge in [-0.25, -0.2) is 4.98 Å². The lowest BCUT2D eigenvalue weighted by molar-refractivity contribution is 0.814. The Balaban J connectivity index is 2.68. The Bertz CT molecular complexity index is 540. The zero-order chi connectivity index (χ0) is 10.1. The lowest BCUT2D eigenvalue weighted by Crippen LogP contribution is -1.98. The van der Waals surface area contributed by atoms with Gasteiger partial charge in [0.1, 0.15) is 0 Å². The number of pyridine rings is 1. The number of hydrogen-bond donors (Lipinski definition) is 1. The first kappa shape index (κ1) is 9.43. The monoisotopic (exact) mass is 225 g/mol. The Morgan fingerprint density at radius 1 is 1.71 bits per heavy atom. The molecular formula is C9H8ClN3S. The molecule has 5 heteroatoms. The summed E-state index contributed by atoms with van der Waals surface area (Å²) in [5.41, 5.74) is 1.72. The highest BCUT2D eigenvalue weighted by Crippen LogP contribution is 2.13. The number of allylic oxidation sites excluding steroid dienone is 1. The van der Waals surface area contributed by atoms with Crippen LogP contribution in [0.3, 0.4) is 0 Å². The van der Waals surface area contributed by atoms with Crippen LogP contribution in [-0.2, 0) is 6.54 Å². The van der Waals surface area contributed by atoms with Gasteiger partial charge in [-0.1, -0.05) is 18.2 Å². The molecule has 14 heavy (non-hydrogen) atoms. The zero-order valence-electron chi connectivity index (χ0n) is 7.33. The number of nitrogens with one attached hydrogen (secondary N) is 1. The standard InChI is InChI=1S/C9H8ClN3S/c1-6(10)5-13-8-7(12-9(13)14)3-2-4-11-8/h2-4H,1,5H2,(H,12,14). The van der Waals surface area contributed by atoms with Crippen molar-refractivity contribution in [3.63, 3.8) is 0 Å². The molecular weight excluding hydrogens is 218 g/mol. The van der Waals surface area contributed by atoms with E-state index < -0.39 is 0 Å². The van der Waals surface area contributed by atoms with Crippen LogP contribution in [0.1, 0.15) is 0 Å². The molecule has 2 aromatic rings. The van der Waals surface area contributed by atoms with Gasteiger partial charge in [0.15, 0.2) is 10.4 Å². The van der Waals surface area contributed by atoms with Crippen LogP contribution in [0.25, 0.3) is 11.2 Å². The van der Waals surface area contributed by atoms with Gasteiger partial charge in [0, 0.05) is 11.2 Å². The van der Waals surface area contributed by atoms with Gasteiger partial charge in [-0.2, -0.15) is 0 Å². The molecule has 0 fully saturated rings. The number of imidazole rings is 1. The quantitative estimate of drug-likeness (QED) is 0.798. The number of hydrogen-bond acceptors (Lipinski definition) is 2. The van der Waals surface area contributed by atoms with Crippen molar-refractivity contribution in [2.45, 2.75) is 6.54 Å². The predicted octanol–water partition coefficient (Wildman–Crippen LogP) is 2.85. The van der Waals surface area contributed by atoms with E-state index in [-0.39, 0.29) is 0 Å². The van der Waals surface area contributed by atoms with Crippen LogP contribution in [0, 0.1) is 4.77 Å². The minimum absolute atomic E-state index is 0.484. The van der Waals surface area contributed by atoms with Gasteiger partial charge in [-0.3, -0.25) is 4.57 Å². The van der Waals surface area contributed by atoms with Crippen LogP contribution in [0.5, 0.6) is 0 Å². The topological polar surface area (TPSA) is 33.6 Å². The molecule has 2 rings (SSSR count). The average Bonchev–Trinajstić information content (AvgIpc) is 2.43. The Kier molecular flexibility index (Phi) is 2.39. The van der Waals surface area contributed by atoms with Crippen LogP contribution < -0.4 is 0 Å². The normalized spacial score (nSPS) is 10.6. The van der Waals surface area contributed by atoms with E-state index >= 15 is 0 Å². The lowest BCUT2D eigenvalue weighted by Gasteiger charge is -2.00. The first-order valence-corrected chi connectivity index (χ1v) is 4.84. The third kappa shape index (κ3) is 1.58. The third-order valence-electron chi connectivity index (χ3n) is 1.86. The summed E-state index contributed by atoms with van der Waals surface area (Å²) in [7, 11) is 0. The summed E-state index contributed by atoms with van der Waals surface area (Å²) in [4.78, 5) is 7.27. The predicted molar refractivity (Wildman–Crippen MR) is 59.9 cm³/mol. The fourth-order valence-electron chi connectivity index (χ4n) is 1.31. The maximum Gasteiger partial charge on any atom is 0.179 e. The van der Waals surface area contributed by atoms with Crippen molar-refractivity contribution < 1.29 is 0 Å². The summed E-state index contributed by atoms with van der Waals surface area (Å²) >= 11 is 10.9. The second-order valence-electron chi connectivity index (χ2n) is 2.91. The Hall–Kier alpha value is -1.13. The summed E-state index contributed by atoms with van der Waals surface area (Å²) in [5.74, 6) is 0. The van der Waals surface area contributed by atoms with Gasteiger partial charge < -0.3 is 4.98 Å². The van der Waals surface area contributed by atoms with Crippen molar-refractivity contribution in [3.8, 4) is 0 Å². The maximum absolute atomic E-state index is 5.74. The van der Waals surface area contributed by atoms with Gasteiger partial charge in [0.05, 0.1) is 12.1 Å². The van der Waals surface area contributed by atoms with Crippen LogP contribution >= 0.6 is 23.8 Å². The fraction of sp³-hybridized carbons (Fsp3) is 0.111. The second kappa shape index (κ2) is 3.55. The molecule has 0 bridgehead atoms. The van der Waals surface area contributed by atoms with Gasteiger partial charge >= 0.3 is 0 Å². The van der Waals surface area contributed by atoms with E-state index in [1.165, 1.54) is 0 Å². The van der Waals surface area contributed by atoms with E-state index in [2.05, 4.69) is 16.5 Å². The Morgan fingerprint density at radius 3 is 3.21 bits per heavy atom. The molecule has 0 saturated carbocycles. The zero-order valence-corrected chi connectivity index (χ0v) is 8.90. The number of rotatable bonds is 2. The molecule has 0 aliphatic heterocycles. The fourth-order valence-corrected chi connectivity index (χ4v) is 1.69. The van der Waals surface area contributed by atoms with Crippen molar-refractivity contribution in [2.24, 2.45) is 0 Å². The molecule has 72 valence electrons. The first-order valence-electron chi connectivity index (χ1n) is 4.05. The van der Waals surface area contributed by atoms with E-state index in [9.17, 15) is 0 Å². The van der Waals surface area contributed by atoms with Crippen LogP contribution in [0.2, 0.25) is 0 Å². The van der Waals surface area contributed by atoms with E-state index in [4.69, 9.17) is 23.8 Å². The van der Waals surface area contributed by atoms with Crippen LogP contribution in [-0.4, -0.2) is 14.5 Å². The number of nitrogens with zero attached hydrogens (tertiary/aromatic N) is 2. The molecule has 2 aromatic heterocycles. The maximum atomic E-state index is 5.74. The van der Waals surface area contributed by atoms with Gasteiger partial charge in [0.2, 0.25) is 0 Å². The molecule has 1 N–H and O–H groups in total. The van der Waals surface area contributed by atoms with Gasteiger partial charge in [-0.15, -0.1) is 0 Å². The van der Waals surface area contributed by atoms with E-state index in [0.29, 0.717) is 16.3 Å². The van der Waals surface area contributed by atoms with Crippen LogP contribution in [0.4, 0.5) is 0 Å². The summed E-state index contributed by atoms with van der Waals surface area (Å²) in [6.45, 7) is 4.12. The summed E-state index contributed by atoms with van der Waals surface area (Å²) in [5, 5.41) is 0.535. The summed E-state index contributed by atoms with van der Waals surface area (Å²) in [6, 6.07) is 3.78. The number of halogens is 1. The Labute approximate surface area is 91.0 Å². The molecule has 0 aromatic carbocycles. The van der Waals surface area contributed by atoms with Crippen molar-refractivity contribution in [3.05, 3.63) is 34.7 Å². The first-order chi connectivity index (χ1) is 6.68. The molecule has 0 spiro atoms. The molecule has 2 heterocycles. The minimum Gasteiger partial charge on any atom is -0.329 e.